The van der Waals surface area contributed by atoms with Gasteiger partial charge in [-0.25, -0.2) is 0 Å². The number of nitrogens with one attached hydrogen (secondary N) is 2. The first-order valence-electron chi connectivity index (χ1n) is 8.46. The van der Waals surface area contributed by atoms with Crippen LogP contribution in [0, 0.1) is 6.92 Å². The van der Waals surface area contributed by atoms with E-state index in [-0.39, 0.29) is 17.5 Å². The van der Waals surface area contributed by atoms with Crippen LogP contribution in [-0.4, -0.2) is 16.1 Å². The van der Waals surface area contributed by atoms with Crippen molar-refractivity contribution in [1.82, 2.24) is 10.3 Å². The summed E-state index contributed by atoms with van der Waals surface area (Å²) >= 11 is 0. The Morgan fingerprint density at radius 1 is 0.867 bits per heavy atom. The predicted octanol–water partition coefficient (Wildman–Crippen LogP) is 5.59. The van der Waals surface area contributed by atoms with Crippen LogP contribution in [0.2, 0.25) is 0 Å². The van der Waals surface area contributed by atoms with Crippen molar-refractivity contribution in [1.29, 1.82) is 0 Å². The molecule has 0 bridgehead atoms. The molecular formula is C18H17F9N2O. The molecule has 2 unspecified atom stereocenters. The number of aliphatic hydroxyl groups excluding tert-OH is 1. The second-order valence-electron chi connectivity index (χ2n) is 6.80. The molecule has 30 heavy (non-hydrogen) atoms. The Bertz CT molecular complexity index is 849. The maximum Gasteiger partial charge on any atom is 0.418 e. The van der Waals surface area contributed by atoms with Crippen LogP contribution in [0.1, 0.15) is 46.7 Å². The van der Waals surface area contributed by atoms with Gasteiger partial charge in [0, 0.05) is 24.0 Å². The standard InChI is InChI=1S/C18H17F9N2O/c1-8-3-13(18(25,26)27)14(29-8)7-28-9(2)15(30)10-4-11(16(19,20)21)6-12(5-10)17(22,23)24/h3-6,9,15,28-30H,7H2,1-2H3. The van der Waals surface area contributed by atoms with E-state index in [1.54, 1.807) is 0 Å². The highest BCUT2D eigenvalue weighted by Gasteiger charge is 2.38. The van der Waals surface area contributed by atoms with Crippen molar-refractivity contribution in [3.05, 3.63) is 57.9 Å². The smallest absolute Gasteiger partial charge is 0.387 e. The Hall–Kier alpha value is -2.21. The van der Waals surface area contributed by atoms with Gasteiger partial charge in [-0.3, -0.25) is 0 Å². The second-order valence-corrected chi connectivity index (χ2v) is 6.80. The van der Waals surface area contributed by atoms with E-state index in [2.05, 4.69) is 10.3 Å². The molecule has 0 radical (unpaired) electrons. The molecule has 3 nitrogen and oxygen atoms in total. The van der Waals surface area contributed by atoms with Gasteiger partial charge in [-0.15, -0.1) is 0 Å². The highest BCUT2D eigenvalue weighted by atomic mass is 19.4. The van der Waals surface area contributed by atoms with Gasteiger partial charge < -0.3 is 15.4 Å². The van der Waals surface area contributed by atoms with Crippen LogP contribution in [0.3, 0.4) is 0 Å². The van der Waals surface area contributed by atoms with Crippen molar-refractivity contribution >= 4 is 0 Å². The molecule has 0 aliphatic carbocycles. The Balaban J connectivity index is 2.27. The van der Waals surface area contributed by atoms with Crippen molar-refractivity contribution < 1.29 is 44.6 Å². The number of alkyl halides is 9. The van der Waals surface area contributed by atoms with Gasteiger partial charge in [0.15, 0.2) is 0 Å². The van der Waals surface area contributed by atoms with Gasteiger partial charge in [0.1, 0.15) is 0 Å². The first kappa shape index (κ1) is 24.1. The molecule has 168 valence electrons. The summed E-state index contributed by atoms with van der Waals surface area (Å²) in [7, 11) is 0. The summed E-state index contributed by atoms with van der Waals surface area (Å²) in [5, 5.41) is 12.7. The van der Waals surface area contributed by atoms with Crippen molar-refractivity contribution in [2.75, 3.05) is 0 Å². The molecule has 12 heteroatoms. The number of aromatic amines is 1. The van der Waals surface area contributed by atoms with Gasteiger partial charge in [0.2, 0.25) is 0 Å². The van der Waals surface area contributed by atoms with Crippen LogP contribution in [0.25, 0.3) is 0 Å². The summed E-state index contributed by atoms with van der Waals surface area (Å²) in [6.07, 6.45) is -16.7. The Kier molecular flexibility index (Phi) is 6.53. The van der Waals surface area contributed by atoms with Crippen LogP contribution in [-0.2, 0) is 25.1 Å². The van der Waals surface area contributed by atoms with E-state index in [1.807, 2.05) is 0 Å². The summed E-state index contributed by atoms with van der Waals surface area (Å²) in [4.78, 5) is 2.48. The minimum atomic E-state index is -5.09. The van der Waals surface area contributed by atoms with E-state index < -0.39 is 59.5 Å². The molecule has 0 saturated heterocycles. The quantitative estimate of drug-likeness (QED) is 0.523. The fraction of sp³-hybridized carbons (Fsp3) is 0.444. The Morgan fingerprint density at radius 3 is 1.80 bits per heavy atom. The van der Waals surface area contributed by atoms with Crippen molar-refractivity contribution in [2.45, 2.75) is 51.1 Å². The largest absolute Gasteiger partial charge is 0.418 e. The van der Waals surface area contributed by atoms with Gasteiger partial charge in [-0.2, -0.15) is 39.5 Å². The topological polar surface area (TPSA) is 48.0 Å². The van der Waals surface area contributed by atoms with Gasteiger partial charge >= 0.3 is 18.5 Å². The Labute approximate surface area is 164 Å². The van der Waals surface area contributed by atoms with Crippen LogP contribution < -0.4 is 5.32 Å². The number of rotatable bonds is 5. The molecule has 0 saturated carbocycles. The molecule has 0 aliphatic rings. The fourth-order valence-electron chi connectivity index (χ4n) is 2.85. The SMILES string of the molecule is Cc1cc(C(F)(F)F)c(CNC(C)C(O)c2cc(C(F)(F)F)cc(C(F)(F)F)c2)[nH]1. The number of aromatic nitrogens is 1. The number of hydrogen-bond acceptors (Lipinski definition) is 2. The van der Waals surface area contributed by atoms with E-state index >= 15 is 0 Å². The molecule has 2 atom stereocenters. The van der Waals surface area contributed by atoms with Crippen molar-refractivity contribution in [3.63, 3.8) is 0 Å². The third-order valence-corrected chi connectivity index (χ3v) is 4.37. The summed E-state index contributed by atoms with van der Waals surface area (Å²) in [6, 6.07) is 0.363. The average Bonchev–Trinajstić information content (AvgIpc) is 2.98. The molecule has 2 rings (SSSR count). The van der Waals surface area contributed by atoms with Gasteiger partial charge in [0.05, 0.1) is 22.8 Å². The molecule has 0 spiro atoms. The lowest BCUT2D eigenvalue weighted by atomic mass is 9.97. The zero-order valence-electron chi connectivity index (χ0n) is 15.5. The maximum atomic E-state index is 13.0. The van der Waals surface area contributed by atoms with Gasteiger partial charge in [-0.1, -0.05) is 0 Å². The highest BCUT2D eigenvalue weighted by Crippen LogP contribution is 2.38. The van der Waals surface area contributed by atoms with E-state index in [9.17, 15) is 44.6 Å². The number of hydrogen-bond donors (Lipinski definition) is 3. The molecule has 0 fully saturated rings. The minimum absolute atomic E-state index is 0.0777. The molecule has 0 amide bonds. The number of aliphatic hydroxyl groups is 1. The molecule has 1 aromatic heterocycles. The van der Waals surface area contributed by atoms with Crippen LogP contribution in [0.4, 0.5) is 39.5 Å². The number of H-pyrrole nitrogens is 1. The van der Waals surface area contributed by atoms with E-state index in [0.29, 0.717) is 12.1 Å². The lowest BCUT2D eigenvalue weighted by molar-refractivity contribution is -0.143. The minimum Gasteiger partial charge on any atom is -0.387 e. The highest BCUT2D eigenvalue weighted by molar-refractivity contribution is 5.35. The van der Waals surface area contributed by atoms with Gasteiger partial charge in [0.25, 0.3) is 0 Å². The van der Waals surface area contributed by atoms with E-state index in [0.717, 1.165) is 6.07 Å². The average molecular weight is 448 g/mol. The maximum absolute atomic E-state index is 13.0. The lowest BCUT2D eigenvalue weighted by Gasteiger charge is -2.23. The van der Waals surface area contributed by atoms with E-state index in [1.165, 1.54) is 13.8 Å². The molecule has 2 aromatic rings. The second kappa shape index (κ2) is 8.14. The van der Waals surface area contributed by atoms with Crippen molar-refractivity contribution in [3.8, 4) is 0 Å². The summed E-state index contributed by atoms with van der Waals surface area (Å²) in [6.45, 7) is 2.16. The molecule has 1 heterocycles. The van der Waals surface area contributed by atoms with Crippen LogP contribution >= 0.6 is 0 Å². The third-order valence-electron chi connectivity index (χ3n) is 4.37. The predicted molar refractivity (Wildman–Crippen MR) is 88.2 cm³/mol. The number of aryl methyl sites for hydroxylation is 1. The monoisotopic (exact) mass is 448 g/mol. The van der Waals surface area contributed by atoms with E-state index in [4.69, 9.17) is 0 Å². The number of benzene rings is 1. The molecule has 0 aliphatic heterocycles. The first-order valence-corrected chi connectivity index (χ1v) is 8.46. The molecule has 3 N–H and O–H groups in total. The van der Waals surface area contributed by atoms with Crippen LogP contribution in [0.15, 0.2) is 24.3 Å². The first-order chi connectivity index (χ1) is 13.5. The summed E-state index contributed by atoms with van der Waals surface area (Å²) < 4.78 is 117. The fourth-order valence-corrected chi connectivity index (χ4v) is 2.85. The molecular weight excluding hydrogens is 431 g/mol. The third kappa shape index (κ3) is 5.69. The van der Waals surface area contributed by atoms with Crippen molar-refractivity contribution in [2.24, 2.45) is 0 Å². The summed E-state index contributed by atoms with van der Waals surface area (Å²) in [5.74, 6) is 0. The lowest BCUT2D eigenvalue weighted by Crippen LogP contribution is -2.32. The molecule has 1 aromatic carbocycles. The zero-order valence-corrected chi connectivity index (χ0v) is 15.5. The Morgan fingerprint density at radius 2 is 1.37 bits per heavy atom. The van der Waals surface area contributed by atoms with Crippen LogP contribution in [0.5, 0.6) is 0 Å². The zero-order chi connectivity index (χ0) is 23.1. The summed E-state index contributed by atoms with van der Waals surface area (Å²) in [5.41, 5.74) is -4.90. The van der Waals surface area contributed by atoms with Gasteiger partial charge in [-0.05, 0) is 43.7 Å². The normalized spacial score (nSPS) is 15.3. The number of halogens is 9.